The van der Waals surface area contributed by atoms with Gasteiger partial charge in [0.15, 0.2) is 6.61 Å². The minimum Gasteiger partial charge on any atom is -0.456 e. The average Bonchev–Trinajstić information content (AvgIpc) is 2.42. The highest BCUT2D eigenvalue weighted by Gasteiger charge is 2.57. The van der Waals surface area contributed by atoms with Gasteiger partial charge in [-0.2, -0.15) is 0 Å². The summed E-state index contributed by atoms with van der Waals surface area (Å²) in [5.74, 6) is 1.00. The highest BCUT2D eigenvalue weighted by molar-refractivity contribution is 9.10. The van der Waals surface area contributed by atoms with Crippen LogP contribution in [-0.2, 0) is 19.1 Å². The van der Waals surface area contributed by atoms with Crippen molar-refractivity contribution in [3.05, 3.63) is 0 Å². The van der Waals surface area contributed by atoms with Gasteiger partial charge in [0.1, 0.15) is 0 Å². The maximum absolute atomic E-state index is 12.2. The molecule has 4 saturated carbocycles. The second-order valence-corrected chi connectivity index (χ2v) is 9.47. The molecule has 0 aliphatic heterocycles. The Labute approximate surface area is 146 Å². The van der Waals surface area contributed by atoms with Crippen molar-refractivity contribution >= 4 is 27.8 Å². The molecule has 4 bridgehead atoms. The Bertz CT molecular complexity index is 467. The maximum atomic E-state index is 12.2. The quantitative estimate of drug-likeness (QED) is 0.413. The van der Waals surface area contributed by atoms with Crippen molar-refractivity contribution in [1.29, 1.82) is 0 Å². The largest absolute Gasteiger partial charge is 0.456 e. The van der Waals surface area contributed by atoms with E-state index in [1.165, 1.54) is 19.3 Å². The number of hydrogen-bond acceptors (Lipinski definition) is 4. The van der Waals surface area contributed by atoms with E-state index in [9.17, 15) is 9.59 Å². The fourth-order valence-electron chi connectivity index (χ4n) is 5.39. The molecule has 4 aliphatic rings. The topological polar surface area (TPSA) is 64.6 Å². The number of nitrogens with one attached hydrogen (secondary N) is 1. The lowest BCUT2D eigenvalue weighted by molar-refractivity contribution is -0.154. The molecule has 0 radical (unpaired) electrons. The first kappa shape index (κ1) is 17.2. The molecular weight excluding hydrogens is 362 g/mol. The Kier molecular flexibility index (Phi) is 5.02. The van der Waals surface area contributed by atoms with Crippen LogP contribution in [0.3, 0.4) is 0 Å². The lowest BCUT2D eigenvalue weighted by Crippen LogP contribution is -2.53. The van der Waals surface area contributed by atoms with Crippen LogP contribution in [0.15, 0.2) is 0 Å². The molecule has 0 heterocycles. The van der Waals surface area contributed by atoms with Crippen LogP contribution in [0.5, 0.6) is 0 Å². The second kappa shape index (κ2) is 6.71. The molecule has 0 saturated heterocycles. The number of amides is 1. The highest BCUT2D eigenvalue weighted by Crippen LogP contribution is 2.65. The van der Waals surface area contributed by atoms with E-state index < -0.39 is 0 Å². The SMILES string of the molecule is COCCNC(=O)COC(=O)CC12C[C@@H]3C[C@@H](CC(Br)(C3)C1)C2. The van der Waals surface area contributed by atoms with Crippen LogP contribution in [0.25, 0.3) is 0 Å². The number of halogens is 1. The lowest BCUT2D eigenvalue weighted by Gasteiger charge is -2.60. The lowest BCUT2D eigenvalue weighted by atomic mass is 9.49. The first-order valence-corrected chi connectivity index (χ1v) is 9.31. The Morgan fingerprint density at radius 3 is 2.52 bits per heavy atom. The number of esters is 1. The van der Waals surface area contributed by atoms with Crippen LogP contribution in [0, 0.1) is 17.3 Å². The summed E-state index contributed by atoms with van der Waals surface area (Å²) >= 11 is 3.95. The highest BCUT2D eigenvalue weighted by atomic mass is 79.9. The monoisotopic (exact) mass is 387 g/mol. The Balaban J connectivity index is 1.47. The van der Waals surface area contributed by atoms with Gasteiger partial charge in [-0.05, 0) is 55.8 Å². The number of alkyl halides is 1. The van der Waals surface area contributed by atoms with Gasteiger partial charge in [-0.3, -0.25) is 9.59 Å². The van der Waals surface area contributed by atoms with E-state index in [1.54, 1.807) is 7.11 Å². The van der Waals surface area contributed by atoms with Gasteiger partial charge in [0.25, 0.3) is 5.91 Å². The van der Waals surface area contributed by atoms with Gasteiger partial charge in [-0.25, -0.2) is 0 Å². The van der Waals surface area contributed by atoms with Gasteiger partial charge in [-0.15, -0.1) is 0 Å². The standard InChI is InChI=1S/C17H26BrNO4/c1-22-3-2-19-14(20)10-23-15(21)9-16-5-12-4-13(6-16)8-17(18,7-12)11-16/h12-13H,2-11H2,1H3,(H,19,20)/t12-,13+,16?,17?. The molecule has 0 aromatic heterocycles. The minimum atomic E-state index is -0.266. The van der Waals surface area contributed by atoms with Crippen molar-refractivity contribution in [3.63, 3.8) is 0 Å². The molecule has 5 nitrogen and oxygen atoms in total. The summed E-state index contributed by atoms with van der Waals surface area (Å²) in [4.78, 5) is 23.8. The van der Waals surface area contributed by atoms with Crippen molar-refractivity contribution in [2.75, 3.05) is 26.9 Å². The number of rotatable bonds is 7. The number of hydrogen-bond donors (Lipinski definition) is 1. The first-order chi connectivity index (χ1) is 10.9. The predicted octanol–water partition coefficient (Wildman–Crippen LogP) is 2.42. The van der Waals surface area contributed by atoms with Crippen LogP contribution in [0.2, 0.25) is 0 Å². The number of methoxy groups -OCH3 is 1. The third kappa shape index (κ3) is 4.08. The van der Waals surface area contributed by atoms with E-state index in [0.717, 1.165) is 31.1 Å². The summed E-state index contributed by atoms with van der Waals surface area (Å²) in [5.41, 5.74) is 0.0944. The normalized spacial score (nSPS) is 37.7. The van der Waals surface area contributed by atoms with E-state index in [4.69, 9.17) is 9.47 Å². The van der Waals surface area contributed by atoms with Crippen LogP contribution in [0.4, 0.5) is 0 Å². The number of carbonyl (C=O) groups is 2. The maximum Gasteiger partial charge on any atom is 0.306 e. The zero-order chi connectivity index (χ0) is 16.5. The van der Waals surface area contributed by atoms with Crippen molar-refractivity contribution in [2.45, 2.75) is 49.3 Å². The number of carbonyl (C=O) groups excluding carboxylic acids is 2. The molecule has 0 aromatic rings. The van der Waals surface area contributed by atoms with Crippen molar-refractivity contribution in [1.82, 2.24) is 5.32 Å². The number of ether oxygens (including phenoxy) is 2. The Morgan fingerprint density at radius 1 is 1.22 bits per heavy atom. The summed E-state index contributed by atoms with van der Waals surface area (Å²) in [7, 11) is 1.58. The molecule has 4 atom stereocenters. The van der Waals surface area contributed by atoms with E-state index in [0.29, 0.717) is 19.6 Å². The molecule has 4 aliphatic carbocycles. The predicted molar refractivity (Wildman–Crippen MR) is 89.2 cm³/mol. The smallest absolute Gasteiger partial charge is 0.306 e. The van der Waals surface area contributed by atoms with Crippen molar-refractivity contribution in [2.24, 2.45) is 17.3 Å². The van der Waals surface area contributed by atoms with Gasteiger partial charge < -0.3 is 14.8 Å². The van der Waals surface area contributed by atoms with Crippen molar-refractivity contribution in [3.8, 4) is 0 Å². The molecular formula is C17H26BrNO4. The minimum absolute atomic E-state index is 0.0944. The van der Waals surface area contributed by atoms with Gasteiger partial charge in [0.2, 0.25) is 0 Å². The summed E-state index contributed by atoms with van der Waals surface area (Å²) in [6.45, 7) is 0.704. The van der Waals surface area contributed by atoms with Crippen LogP contribution in [0.1, 0.15) is 44.9 Å². The van der Waals surface area contributed by atoms with Crippen LogP contribution >= 0.6 is 15.9 Å². The zero-order valence-corrected chi connectivity index (χ0v) is 15.3. The molecule has 1 amide bonds. The first-order valence-electron chi connectivity index (χ1n) is 8.52. The average molecular weight is 388 g/mol. The van der Waals surface area contributed by atoms with E-state index >= 15 is 0 Å². The fraction of sp³-hybridized carbons (Fsp3) is 0.882. The molecule has 0 aromatic carbocycles. The molecule has 130 valence electrons. The summed E-state index contributed by atoms with van der Waals surface area (Å²) in [5, 5.41) is 2.66. The molecule has 23 heavy (non-hydrogen) atoms. The van der Waals surface area contributed by atoms with E-state index in [-0.39, 0.29) is 28.2 Å². The molecule has 1 N–H and O–H groups in total. The van der Waals surface area contributed by atoms with Gasteiger partial charge in [0, 0.05) is 18.0 Å². The van der Waals surface area contributed by atoms with E-state index in [2.05, 4.69) is 21.2 Å². The van der Waals surface area contributed by atoms with Gasteiger partial charge in [0.05, 0.1) is 13.0 Å². The molecule has 0 spiro atoms. The molecule has 2 unspecified atom stereocenters. The Hall–Kier alpha value is -0.620. The second-order valence-electron chi connectivity index (χ2n) is 7.79. The summed E-state index contributed by atoms with van der Waals surface area (Å²) in [6.07, 6.45) is 7.65. The van der Waals surface area contributed by atoms with E-state index in [1.807, 2.05) is 0 Å². The van der Waals surface area contributed by atoms with Crippen LogP contribution in [-0.4, -0.2) is 43.1 Å². The van der Waals surface area contributed by atoms with Crippen molar-refractivity contribution < 1.29 is 19.1 Å². The third-order valence-corrected chi connectivity index (χ3v) is 6.55. The summed E-state index contributed by atoms with van der Waals surface area (Å²) < 4.78 is 10.3. The summed E-state index contributed by atoms with van der Waals surface area (Å²) in [6, 6.07) is 0. The zero-order valence-electron chi connectivity index (χ0n) is 13.7. The Morgan fingerprint density at radius 2 is 1.91 bits per heavy atom. The van der Waals surface area contributed by atoms with Crippen LogP contribution < -0.4 is 5.32 Å². The molecule has 6 heteroatoms. The van der Waals surface area contributed by atoms with Gasteiger partial charge >= 0.3 is 5.97 Å². The molecule has 4 rings (SSSR count). The fourth-order valence-corrected chi connectivity index (χ4v) is 6.90. The molecule has 4 fully saturated rings. The third-order valence-electron chi connectivity index (χ3n) is 5.62. The van der Waals surface area contributed by atoms with Gasteiger partial charge in [-0.1, -0.05) is 15.9 Å².